The smallest absolute Gasteiger partial charge is 0.0511 e. The molecule has 0 unspecified atom stereocenters. The number of hydrogen-bond acceptors (Lipinski definition) is 2. The SMILES string of the molecule is CNCc1ccc(N(CC2CC2)CC2CC2)c(Br)c1. The van der Waals surface area contributed by atoms with Crippen LogP contribution in [0.15, 0.2) is 22.7 Å². The molecule has 2 nitrogen and oxygen atoms in total. The van der Waals surface area contributed by atoms with Gasteiger partial charge in [-0.25, -0.2) is 0 Å². The summed E-state index contributed by atoms with van der Waals surface area (Å²) in [7, 11) is 1.99. The van der Waals surface area contributed by atoms with Crippen LogP contribution in [0.4, 0.5) is 5.69 Å². The third kappa shape index (κ3) is 3.73. The van der Waals surface area contributed by atoms with Gasteiger partial charge in [-0.1, -0.05) is 6.07 Å². The van der Waals surface area contributed by atoms with E-state index < -0.39 is 0 Å². The fraction of sp³-hybridized carbons (Fsp3) is 0.625. The van der Waals surface area contributed by atoms with E-state index in [4.69, 9.17) is 0 Å². The number of anilines is 1. The van der Waals surface area contributed by atoms with Crippen molar-refractivity contribution in [1.29, 1.82) is 0 Å². The first-order valence-corrected chi connectivity index (χ1v) is 8.23. The topological polar surface area (TPSA) is 15.3 Å². The number of nitrogens with one attached hydrogen (secondary N) is 1. The number of rotatable bonds is 7. The van der Waals surface area contributed by atoms with Crippen molar-refractivity contribution in [2.45, 2.75) is 32.2 Å². The molecule has 0 heterocycles. The van der Waals surface area contributed by atoms with Gasteiger partial charge in [-0.15, -0.1) is 0 Å². The van der Waals surface area contributed by atoms with Crippen LogP contribution in [0.5, 0.6) is 0 Å². The zero-order valence-electron chi connectivity index (χ0n) is 11.7. The molecule has 1 N–H and O–H groups in total. The summed E-state index contributed by atoms with van der Waals surface area (Å²) in [6.07, 6.45) is 5.71. The molecule has 3 rings (SSSR count). The molecule has 0 amide bonds. The molecule has 0 aliphatic heterocycles. The second-order valence-corrected chi connectivity index (χ2v) is 6.96. The summed E-state index contributed by atoms with van der Waals surface area (Å²) in [4.78, 5) is 2.61. The van der Waals surface area contributed by atoms with E-state index >= 15 is 0 Å². The number of benzene rings is 1. The van der Waals surface area contributed by atoms with Crippen LogP contribution in [0.25, 0.3) is 0 Å². The molecular formula is C16H23BrN2. The van der Waals surface area contributed by atoms with Crippen molar-refractivity contribution >= 4 is 21.6 Å². The van der Waals surface area contributed by atoms with Gasteiger partial charge in [0.15, 0.2) is 0 Å². The molecule has 2 aliphatic carbocycles. The normalized spacial score (nSPS) is 18.6. The maximum Gasteiger partial charge on any atom is 0.0511 e. The van der Waals surface area contributed by atoms with Gasteiger partial charge in [-0.05, 0) is 78.2 Å². The van der Waals surface area contributed by atoms with Crippen LogP contribution in [0.2, 0.25) is 0 Å². The van der Waals surface area contributed by atoms with Crippen molar-refractivity contribution in [1.82, 2.24) is 5.32 Å². The van der Waals surface area contributed by atoms with Gasteiger partial charge < -0.3 is 10.2 Å². The monoisotopic (exact) mass is 322 g/mol. The lowest BCUT2D eigenvalue weighted by Gasteiger charge is -2.26. The quantitative estimate of drug-likeness (QED) is 0.821. The van der Waals surface area contributed by atoms with Crippen LogP contribution in [0.3, 0.4) is 0 Å². The van der Waals surface area contributed by atoms with Gasteiger partial charge >= 0.3 is 0 Å². The molecule has 0 saturated heterocycles. The molecule has 1 aromatic rings. The van der Waals surface area contributed by atoms with Crippen molar-refractivity contribution in [3.05, 3.63) is 28.2 Å². The Hall–Kier alpha value is -0.540. The van der Waals surface area contributed by atoms with E-state index in [1.807, 2.05) is 7.05 Å². The zero-order valence-corrected chi connectivity index (χ0v) is 13.2. The van der Waals surface area contributed by atoms with E-state index in [0.29, 0.717) is 0 Å². The van der Waals surface area contributed by atoms with Crippen molar-refractivity contribution in [2.24, 2.45) is 11.8 Å². The third-order valence-electron chi connectivity index (χ3n) is 4.08. The van der Waals surface area contributed by atoms with Gasteiger partial charge in [0.2, 0.25) is 0 Å². The Kier molecular flexibility index (Phi) is 4.13. The second kappa shape index (κ2) is 5.84. The molecule has 0 radical (unpaired) electrons. The van der Waals surface area contributed by atoms with Gasteiger partial charge in [0, 0.05) is 24.1 Å². The average Bonchev–Trinajstić information content (AvgIpc) is 3.24. The van der Waals surface area contributed by atoms with Crippen LogP contribution < -0.4 is 10.2 Å². The van der Waals surface area contributed by atoms with Crippen LogP contribution in [0.1, 0.15) is 31.2 Å². The Morgan fingerprint density at radius 1 is 1.16 bits per heavy atom. The molecule has 0 bridgehead atoms. The Balaban J connectivity index is 1.75. The minimum absolute atomic E-state index is 0.935. The number of hydrogen-bond donors (Lipinski definition) is 1. The first-order chi connectivity index (χ1) is 9.26. The van der Waals surface area contributed by atoms with Gasteiger partial charge in [-0.3, -0.25) is 0 Å². The van der Waals surface area contributed by atoms with Crippen LogP contribution in [0, 0.1) is 11.8 Å². The fourth-order valence-corrected chi connectivity index (χ4v) is 3.29. The second-order valence-electron chi connectivity index (χ2n) is 6.11. The van der Waals surface area contributed by atoms with Crippen molar-refractivity contribution in [3.63, 3.8) is 0 Å². The highest BCUT2D eigenvalue weighted by molar-refractivity contribution is 9.10. The third-order valence-corrected chi connectivity index (χ3v) is 4.72. The predicted molar refractivity (Wildman–Crippen MR) is 84.6 cm³/mol. The Morgan fingerprint density at radius 2 is 1.79 bits per heavy atom. The van der Waals surface area contributed by atoms with E-state index in [0.717, 1.165) is 18.4 Å². The lowest BCUT2D eigenvalue weighted by Crippen LogP contribution is -2.28. The van der Waals surface area contributed by atoms with E-state index in [1.54, 1.807) is 0 Å². The average molecular weight is 323 g/mol. The van der Waals surface area contributed by atoms with E-state index in [2.05, 4.69) is 44.3 Å². The molecule has 0 aromatic heterocycles. The van der Waals surface area contributed by atoms with Crippen LogP contribution in [-0.4, -0.2) is 20.1 Å². The van der Waals surface area contributed by atoms with Crippen LogP contribution >= 0.6 is 15.9 Å². The van der Waals surface area contributed by atoms with Gasteiger partial charge in [-0.2, -0.15) is 0 Å². The Morgan fingerprint density at radius 3 is 2.26 bits per heavy atom. The summed E-state index contributed by atoms with van der Waals surface area (Å²) in [5, 5.41) is 3.21. The standard InChI is InChI=1S/C16H23BrN2/c1-18-9-14-6-7-16(15(17)8-14)19(10-12-2-3-12)11-13-4-5-13/h6-8,12-13,18H,2-5,9-11H2,1H3. The summed E-state index contributed by atoms with van der Waals surface area (Å²) in [5.41, 5.74) is 2.73. The summed E-state index contributed by atoms with van der Waals surface area (Å²) in [6.45, 7) is 3.44. The molecule has 2 aliphatic rings. The summed E-state index contributed by atoms with van der Waals surface area (Å²) >= 11 is 3.77. The minimum Gasteiger partial charge on any atom is -0.370 e. The van der Waals surface area contributed by atoms with E-state index in [9.17, 15) is 0 Å². The zero-order chi connectivity index (χ0) is 13.2. The Labute approximate surface area is 124 Å². The Bertz CT molecular complexity index is 424. The number of halogens is 1. The molecule has 0 atom stereocenters. The van der Waals surface area contributed by atoms with Crippen molar-refractivity contribution in [2.75, 3.05) is 25.0 Å². The van der Waals surface area contributed by atoms with Crippen LogP contribution in [-0.2, 0) is 6.54 Å². The molecule has 2 saturated carbocycles. The van der Waals surface area contributed by atoms with Crippen molar-refractivity contribution < 1.29 is 0 Å². The molecule has 0 spiro atoms. The molecule has 2 fully saturated rings. The highest BCUT2D eigenvalue weighted by Gasteiger charge is 2.29. The predicted octanol–water partition coefficient (Wildman–Crippen LogP) is 3.79. The fourth-order valence-electron chi connectivity index (χ4n) is 2.62. The molecule has 3 heteroatoms. The summed E-state index contributed by atoms with van der Waals surface area (Å²) in [6, 6.07) is 6.81. The summed E-state index contributed by atoms with van der Waals surface area (Å²) < 4.78 is 1.25. The maximum absolute atomic E-state index is 3.77. The molecular weight excluding hydrogens is 300 g/mol. The molecule has 1 aromatic carbocycles. The van der Waals surface area contributed by atoms with E-state index in [-0.39, 0.29) is 0 Å². The summed E-state index contributed by atoms with van der Waals surface area (Å²) in [5.74, 6) is 1.89. The first-order valence-electron chi connectivity index (χ1n) is 7.44. The number of nitrogens with zero attached hydrogens (tertiary/aromatic N) is 1. The maximum atomic E-state index is 3.77. The molecule has 104 valence electrons. The van der Waals surface area contributed by atoms with Gasteiger partial charge in [0.1, 0.15) is 0 Å². The van der Waals surface area contributed by atoms with Crippen molar-refractivity contribution in [3.8, 4) is 0 Å². The largest absolute Gasteiger partial charge is 0.370 e. The van der Waals surface area contributed by atoms with E-state index in [1.165, 1.54) is 54.5 Å². The lowest BCUT2D eigenvalue weighted by molar-refractivity contribution is 0.678. The first kappa shape index (κ1) is 13.4. The lowest BCUT2D eigenvalue weighted by atomic mass is 10.1. The highest BCUT2D eigenvalue weighted by Crippen LogP contribution is 2.38. The minimum atomic E-state index is 0.935. The van der Waals surface area contributed by atoms with Gasteiger partial charge in [0.25, 0.3) is 0 Å². The van der Waals surface area contributed by atoms with Gasteiger partial charge in [0.05, 0.1) is 5.69 Å². The molecule has 19 heavy (non-hydrogen) atoms. The highest BCUT2D eigenvalue weighted by atomic mass is 79.9.